The highest BCUT2D eigenvalue weighted by atomic mass is 16.2. The Balaban J connectivity index is 1.32. The molecule has 0 aliphatic carbocycles. The van der Waals surface area contributed by atoms with Crippen molar-refractivity contribution in [2.24, 2.45) is 0 Å². The van der Waals surface area contributed by atoms with Gasteiger partial charge >= 0.3 is 0 Å². The van der Waals surface area contributed by atoms with E-state index in [2.05, 4.69) is 55.2 Å². The van der Waals surface area contributed by atoms with Crippen LogP contribution < -0.4 is 0 Å². The van der Waals surface area contributed by atoms with Crippen molar-refractivity contribution < 1.29 is 9.59 Å². The van der Waals surface area contributed by atoms with Gasteiger partial charge in [-0.2, -0.15) is 0 Å². The van der Waals surface area contributed by atoms with E-state index in [0.717, 1.165) is 24.1 Å². The normalized spacial score (nSPS) is 13.3. The minimum absolute atomic E-state index is 0.221. The molecule has 0 bridgehead atoms. The van der Waals surface area contributed by atoms with Gasteiger partial charge in [0.1, 0.15) is 0 Å². The molecular formula is C31H34N2O2. The first-order valence-electron chi connectivity index (χ1n) is 12.6. The Morgan fingerprint density at radius 1 is 0.657 bits per heavy atom. The van der Waals surface area contributed by atoms with Gasteiger partial charge in [0.05, 0.1) is 17.7 Å². The second-order valence-electron chi connectivity index (χ2n) is 9.15. The molecule has 1 aliphatic heterocycles. The van der Waals surface area contributed by atoms with E-state index in [9.17, 15) is 9.59 Å². The van der Waals surface area contributed by atoms with Crippen LogP contribution in [0.1, 0.15) is 69.7 Å². The monoisotopic (exact) mass is 466 g/mol. The highest BCUT2D eigenvalue weighted by molar-refractivity contribution is 6.21. The van der Waals surface area contributed by atoms with Crippen LogP contribution >= 0.6 is 0 Å². The van der Waals surface area contributed by atoms with Crippen LogP contribution in [0.5, 0.6) is 0 Å². The maximum atomic E-state index is 12.6. The van der Waals surface area contributed by atoms with Crippen LogP contribution in [0.15, 0.2) is 72.8 Å². The molecular weight excluding hydrogens is 432 g/mol. The van der Waals surface area contributed by atoms with Crippen molar-refractivity contribution in [3.8, 4) is 0 Å². The Morgan fingerprint density at radius 3 is 1.63 bits per heavy atom. The minimum Gasteiger partial charge on any atom is -0.303 e. The lowest BCUT2D eigenvalue weighted by atomic mass is 10.1. The first-order chi connectivity index (χ1) is 17.1. The zero-order valence-corrected chi connectivity index (χ0v) is 20.7. The molecule has 3 aromatic carbocycles. The number of rotatable bonds is 11. The predicted molar refractivity (Wildman–Crippen MR) is 143 cm³/mol. The van der Waals surface area contributed by atoms with Crippen LogP contribution in [0.25, 0.3) is 12.2 Å². The van der Waals surface area contributed by atoms with Gasteiger partial charge in [-0.05, 0) is 66.7 Å². The predicted octanol–water partition coefficient (Wildman–Crippen LogP) is 6.32. The summed E-state index contributed by atoms with van der Waals surface area (Å²) in [5.41, 5.74) is 5.53. The molecule has 0 saturated heterocycles. The molecule has 0 aromatic heterocycles. The number of benzene rings is 3. The van der Waals surface area contributed by atoms with E-state index in [0.29, 0.717) is 11.1 Å². The van der Waals surface area contributed by atoms with Gasteiger partial charge in [0.2, 0.25) is 0 Å². The summed E-state index contributed by atoms with van der Waals surface area (Å²) in [5.74, 6) is -0.442. The fourth-order valence-corrected chi connectivity index (χ4v) is 4.54. The number of fused-ring (bicyclic) bond motifs is 1. The lowest BCUT2D eigenvalue weighted by molar-refractivity contribution is 0.0642. The minimum atomic E-state index is -0.221. The Morgan fingerprint density at radius 2 is 1.14 bits per heavy atom. The zero-order chi connectivity index (χ0) is 24.6. The molecule has 0 spiro atoms. The maximum absolute atomic E-state index is 12.6. The Kier molecular flexibility index (Phi) is 8.27. The Bertz CT molecular complexity index is 1140. The van der Waals surface area contributed by atoms with Gasteiger partial charge in [-0.1, -0.05) is 86.7 Å². The number of carbonyl (C=O) groups excluding carboxylic acids is 2. The van der Waals surface area contributed by atoms with Gasteiger partial charge in [0.15, 0.2) is 0 Å². The largest absolute Gasteiger partial charge is 0.303 e. The summed E-state index contributed by atoms with van der Waals surface area (Å²) >= 11 is 0. The highest BCUT2D eigenvalue weighted by Gasteiger charge is 2.34. The van der Waals surface area contributed by atoms with E-state index in [1.165, 1.54) is 42.0 Å². The molecule has 1 aliphatic rings. The van der Waals surface area contributed by atoms with Gasteiger partial charge in [0.25, 0.3) is 11.8 Å². The number of hydrogen-bond donors (Lipinski definition) is 0. The topological polar surface area (TPSA) is 40.6 Å². The van der Waals surface area contributed by atoms with Gasteiger partial charge in [-0.3, -0.25) is 14.5 Å². The molecule has 1 heterocycles. The number of nitrogens with zero attached hydrogens (tertiary/aromatic N) is 2. The molecule has 35 heavy (non-hydrogen) atoms. The van der Waals surface area contributed by atoms with Crippen molar-refractivity contribution in [1.29, 1.82) is 0 Å². The summed E-state index contributed by atoms with van der Waals surface area (Å²) in [6.07, 6.45) is 7.69. The number of imide groups is 1. The molecule has 0 atom stereocenters. The molecule has 0 saturated carbocycles. The molecule has 4 rings (SSSR count). The average Bonchev–Trinajstić information content (AvgIpc) is 3.13. The van der Waals surface area contributed by atoms with Crippen LogP contribution in [0, 0.1) is 0 Å². The molecule has 0 radical (unpaired) electrons. The van der Waals surface area contributed by atoms with Gasteiger partial charge in [0, 0.05) is 6.54 Å². The van der Waals surface area contributed by atoms with Crippen LogP contribution in [-0.2, 0) is 13.0 Å². The summed E-state index contributed by atoms with van der Waals surface area (Å²) in [6.45, 7) is 8.23. The highest BCUT2D eigenvalue weighted by Crippen LogP contribution is 2.24. The molecule has 0 N–H and O–H groups in total. The van der Waals surface area contributed by atoms with E-state index >= 15 is 0 Å². The van der Waals surface area contributed by atoms with E-state index in [1.807, 2.05) is 24.3 Å². The van der Waals surface area contributed by atoms with Crippen molar-refractivity contribution in [2.75, 3.05) is 19.6 Å². The summed E-state index contributed by atoms with van der Waals surface area (Å²) in [6, 6.07) is 23.8. The van der Waals surface area contributed by atoms with Gasteiger partial charge in [-0.25, -0.2) is 0 Å². The molecule has 0 fully saturated rings. The molecule has 2 amide bonds. The van der Waals surface area contributed by atoms with Crippen molar-refractivity contribution in [3.63, 3.8) is 0 Å². The summed E-state index contributed by atoms with van der Waals surface area (Å²) in [4.78, 5) is 29.0. The first kappa shape index (κ1) is 24.6. The zero-order valence-electron chi connectivity index (χ0n) is 20.7. The van der Waals surface area contributed by atoms with E-state index in [4.69, 9.17) is 0 Å². The van der Waals surface area contributed by atoms with Gasteiger partial charge in [-0.15, -0.1) is 0 Å². The van der Waals surface area contributed by atoms with Crippen molar-refractivity contribution >= 4 is 24.0 Å². The third kappa shape index (κ3) is 6.14. The van der Waals surface area contributed by atoms with Crippen LogP contribution in [-0.4, -0.2) is 41.2 Å². The molecule has 0 unspecified atom stereocenters. The van der Waals surface area contributed by atoms with E-state index in [1.54, 1.807) is 24.3 Å². The van der Waals surface area contributed by atoms with Crippen molar-refractivity contribution in [1.82, 2.24) is 9.80 Å². The Hall–Kier alpha value is -3.50. The standard InChI is InChI=1S/C31H34N2O2/c1-3-20-32(21-4-2)22-19-26-13-11-24(12-14-26)9-10-25-15-17-27(18-16-25)23-33-30(34)28-7-5-6-8-29(28)31(33)35/h5-18H,3-4,19-23H2,1-2H3. The average molecular weight is 467 g/mol. The van der Waals surface area contributed by atoms with Crippen LogP contribution in [0.3, 0.4) is 0 Å². The second kappa shape index (κ2) is 11.8. The van der Waals surface area contributed by atoms with Crippen molar-refractivity contribution in [2.45, 2.75) is 39.7 Å². The number of carbonyl (C=O) groups is 2. The van der Waals surface area contributed by atoms with Crippen molar-refractivity contribution in [3.05, 3.63) is 106 Å². The number of hydrogen-bond acceptors (Lipinski definition) is 3. The van der Waals surface area contributed by atoms with Crippen LogP contribution in [0.2, 0.25) is 0 Å². The molecule has 4 nitrogen and oxygen atoms in total. The summed E-state index contributed by atoms with van der Waals surface area (Å²) in [7, 11) is 0. The third-order valence-electron chi connectivity index (χ3n) is 6.44. The quantitative estimate of drug-likeness (QED) is 0.245. The smallest absolute Gasteiger partial charge is 0.261 e. The van der Waals surface area contributed by atoms with E-state index in [-0.39, 0.29) is 18.4 Å². The molecule has 180 valence electrons. The first-order valence-corrected chi connectivity index (χ1v) is 12.6. The van der Waals surface area contributed by atoms with Crippen LogP contribution in [0.4, 0.5) is 0 Å². The second-order valence-corrected chi connectivity index (χ2v) is 9.15. The SMILES string of the molecule is CCCN(CCC)CCc1ccc(C=Cc2ccc(CN3C(=O)c4ccccc4C3=O)cc2)cc1. The summed E-state index contributed by atoms with van der Waals surface area (Å²) in [5, 5.41) is 0. The third-order valence-corrected chi connectivity index (χ3v) is 6.44. The fraction of sp³-hybridized carbons (Fsp3) is 0.290. The van der Waals surface area contributed by atoms with Gasteiger partial charge < -0.3 is 4.90 Å². The molecule has 3 aromatic rings. The number of amides is 2. The summed E-state index contributed by atoms with van der Waals surface area (Å²) < 4.78 is 0. The van der Waals surface area contributed by atoms with E-state index < -0.39 is 0 Å². The molecule has 4 heteroatoms. The Labute approximate surface area is 208 Å². The lowest BCUT2D eigenvalue weighted by Gasteiger charge is -2.20. The lowest BCUT2D eigenvalue weighted by Crippen LogP contribution is -2.29. The maximum Gasteiger partial charge on any atom is 0.261 e. The fourth-order valence-electron chi connectivity index (χ4n) is 4.54.